The van der Waals surface area contributed by atoms with Gasteiger partial charge in [0.15, 0.2) is 11.4 Å². The van der Waals surface area contributed by atoms with E-state index in [1.54, 1.807) is 0 Å². The van der Waals surface area contributed by atoms with E-state index in [9.17, 15) is 89.8 Å². The number of hydrazine groups is 3. The highest BCUT2D eigenvalue weighted by atomic mass is 32.2. The first-order valence-corrected chi connectivity index (χ1v) is 26.4. The number of phenols is 2. The predicted molar refractivity (Wildman–Crippen MR) is 253 cm³/mol. The first-order valence-electron chi connectivity index (χ1n) is 19.2. The van der Waals surface area contributed by atoms with Crippen molar-refractivity contribution < 1.29 is 89.7 Å². The molecule has 0 aliphatic carbocycles. The molecule has 7 aromatic rings. The second kappa shape index (κ2) is 18.4. The zero-order chi connectivity index (χ0) is 53.2. The van der Waals surface area contributed by atoms with Crippen molar-refractivity contribution in [3.8, 4) is 22.9 Å². The number of aromatic carboxylic acids is 1. The van der Waals surface area contributed by atoms with Crippen molar-refractivity contribution in [2.75, 3.05) is 39.7 Å². The Bertz CT molecular complexity index is 4090. The molecule has 15 N–H and O–H groups in total. The highest BCUT2D eigenvalue weighted by Gasteiger charge is 2.29. The van der Waals surface area contributed by atoms with E-state index in [2.05, 4.69) is 37.7 Å². The molecule has 0 amide bonds. The molecule has 34 heteroatoms. The van der Waals surface area contributed by atoms with E-state index in [0.717, 1.165) is 48.5 Å². The highest BCUT2D eigenvalue weighted by molar-refractivity contribution is 7.87. The number of H-pyrrole nitrogens is 1. The number of carboxylic acids is 1. The zero-order valence-electron chi connectivity index (χ0n) is 35.9. The number of benzene rings is 6. The SMILES string of the molecule is COc1cc(NNc2ccc(S(=O)(=O)O)c3cc(S(=O)(=O)O)cc(O)c23)c(C)cc1NNc1c(S(=O)(=O)O)cc2c(S(=O)(=O)O)c(NNc3c(C(=O)O)[nH]n(-c4ccc(S(=O)(=O)O)cc4)c3=O)ccc2c1O. The molecule has 0 atom stereocenters. The summed E-state index contributed by atoms with van der Waals surface area (Å²) in [5, 5.41) is 32.2. The number of hydrogen-bond acceptors (Lipinski definition) is 21. The van der Waals surface area contributed by atoms with Gasteiger partial charge < -0.3 is 30.9 Å². The van der Waals surface area contributed by atoms with E-state index in [0.29, 0.717) is 28.4 Å². The number of aromatic nitrogens is 2. The fourth-order valence-corrected chi connectivity index (χ4v) is 10.3. The smallest absolute Gasteiger partial charge is 0.356 e. The molecule has 0 spiro atoms. The Morgan fingerprint density at radius 2 is 1.14 bits per heavy atom. The van der Waals surface area contributed by atoms with E-state index in [4.69, 9.17) is 4.74 Å². The van der Waals surface area contributed by atoms with Crippen LogP contribution >= 0.6 is 0 Å². The maximum atomic E-state index is 13.4. The highest BCUT2D eigenvalue weighted by Crippen LogP contribution is 2.44. The van der Waals surface area contributed by atoms with Gasteiger partial charge in [-0.15, -0.1) is 0 Å². The Kier molecular flexibility index (Phi) is 13.2. The summed E-state index contributed by atoms with van der Waals surface area (Å²) in [6.07, 6.45) is 0. The Morgan fingerprint density at radius 3 is 1.71 bits per heavy atom. The minimum absolute atomic E-state index is 0.00333. The van der Waals surface area contributed by atoms with Crippen LogP contribution in [0, 0.1) is 6.92 Å². The molecule has 6 aromatic carbocycles. The number of nitrogens with zero attached hydrogens (tertiary/aromatic N) is 1. The number of fused-ring (bicyclic) bond motifs is 2. The van der Waals surface area contributed by atoms with Crippen molar-refractivity contribution in [3.05, 3.63) is 100 Å². The lowest BCUT2D eigenvalue weighted by Crippen LogP contribution is -2.22. The fourth-order valence-electron chi connectivity index (χ4n) is 7.13. The average Bonchev–Trinajstić information content (AvgIpc) is 3.61. The molecule has 382 valence electrons. The Balaban J connectivity index is 1.21. The van der Waals surface area contributed by atoms with Crippen LogP contribution in [0.4, 0.5) is 34.1 Å². The number of aryl methyl sites for hydroxylation is 1. The molecule has 7 rings (SSSR count). The summed E-state index contributed by atoms with van der Waals surface area (Å²) < 4.78 is 178. The average molecular weight is 1100 g/mol. The number of nitrogens with one attached hydrogen (secondary N) is 7. The molecular weight excluding hydrogens is 1060 g/mol. The van der Waals surface area contributed by atoms with Gasteiger partial charge in [0.25, 0.3) is 56.1 Å². The van der Waals surface area contributed by atoms with Gasteiger partial charge in [-0.25, -0.2) is 9.48 Å². The monoisotopic (exact) mass is 1100 g/mol. The van der Waals surface area contributed by atoms with Gasteiger partial charge in [0, 0.05) is 33.7 Å². The number of phenolic OH excluding ortho intramolecular Hbond substituents is 2. The first kappa shape index (κ1) is 51.9. The van der Waals surface area contributed by atoms with Crippen LogP contribution in [0.1, 0.15) is 16.1 Å². The Morgan fingerprint density at radius 1 is 0.569 bits per heavy atom. The van der Waals surface area contributed by atoms with Gasteiger partial charge in [0.05, 0.1) is 45.3 Å². The molecule has 0 saturated carbocycles. The lowest BCUT2D eigenvalue weighted by molar-refractivity contribution is 0.0690. The van der Waals surface area contributed by atoms with E-state index in [1.807, 2.05) is 0 Å². The van der Waals surface area contributed by atoms with Gasteiger partial charge in [0.2, 0.25) is 0 Å². The Hall–Kier alpha value is -7.93. The molecule has 1 aromatic heterocycles. The van der Waals surface area contributed by atoms with Crippen molar-refractivity contribution in [2.45, 2.75) is 31.4 Å². The van der Waals surface area contributed by atoms with Gasteiger partial charge in [-0.2, -0.15) is 42.1 Å². The second-order valence-electron chi connectivity index (χ2n) is 14.9. The number of carbonyl (C=O) groups is 1. The predicted octanol–water partition coefficient (Wildman–Crippen LogP) is 3.45. The molecule has 0 aliphatic heterocycles. The van der Waals surface area contributed by atoms with E-state index >= 15 is 0 Å². The van der Waals surface area contributed by atoms with Crippen molar-refractivity contribution in [2.24, 2.45) is 0 Å². The standard InChI is InChI=1S/C38H34N8O21S5/c1-16-11-26(28(67-2)15-25(16)41-39-23-9-10-29(70(58,59)60)22-12-19(69(55,56)57)13-27(47)31(22)23)42-43-32-30(71(61,62)63)14-21-20(35(32)48)7-8-24(36(21)72(64,65)66)40-44-33-34(38(50)51)45-46(37(33)49)17-3-5-18(6-4-17)68(52,53)54/h3-15,39-45,47-48H,1-2H3,(H,50,51)(H,52,53,54)(H,55,56,57)(H,58,59,60)(H,61,62,63)(H,64,65,66). The third-order valence-electron chi connectivity index (χ3n) is 10.4. The summed E-state index contributed by atoms with van der Waals surface area (Å²) in [5.41, 5.74) is 11.0. The van der Waals surface area contributed by atoms with Crippen LogP contribution < -0.4 is 42.9 Å². The van der Waals surface area contributed by atoms with Crippen LogP contribution in [0.2, 0.25) is 0 Å². The first-order chi connectivity index (χ1) is 33.3. The Labute approximate surface area is 404 Å². The summed E-state index contributed by atoms with van der Waals surface area (Å²) >= 11 is 0. The molecule has 0 fully saturated rings. The second-order valence-corrected chi connectivity index (χ2v) is 21.9. The van der Waals surface area contributed by atoms with Crippen LogP contribution in [0.5, 0.6) is 17.2 Å². The number of aromatic hydroxyl groups is 2. The third-order valence-corrected chi connectivity index (χ3v) is 14.8. The van der Waals surface area contributed by atoms with Crippen molar-refractivity contribution in [1.29, 1.82) is 0 Å². The lowest BCUT2D eigenvalue weighted by atomic mass is 10.1. The molecule has 0 aliphatic rings. The van der Waals surface area contributed by atoms with Crippen molar-refractivity contribution >= 4 is 112 Å². The molecule has 0 radical (unpaired) electrons. The van der Waals surface area contributed by atoms with Gasteiger partial charge in [-0.1, -0.05) is 0 Å². The minimum atomic E-state index is -5.48. The van der Waals surface area contributed by atoms with E-state index in [1.165, 1.54) is 26.2 Å². The number of ether oxygens (including phenoxy) is 1. The molecule has 72 heavy (non-hydrogen) atoms. The fraction of sp³-hybridized carbons (Fsp3) is 0.0526. The molecule has 0 saturated heterocycles. The summed E-state index contributed by atoms with van der Waals surface area (Å²) in [5.74, 6) is -3.65. The van der Waals surface area contributed by atoms with Crippen LogP contribution in [0.25, 0.3) is 27.2 Å². The number of methoxy groups -OCH3 is 1. The van der Waals surface area contributed by atoms with Crippen molar-refractivity contribution in [3.63, 3.8) is 0 Å². The van der Waals surface area contributed by atoms with Gasteiger partial charge >= 0.3 is 5.97 Å². The van der Waals surface area contributed by atoms with Crippen LogP contribution in [0.3, 0.4) is 0 Å². The maximum absolute atomic E-state index is 13.4. The number of aromatic amines is 1. The van der Waals surface area contributed by atoms with E-state index in [-0.39, 0.29) is 33.9 Å². The maximum Gasteiger partial charge on any atom is 0.356 e. The molecule has 0 unspecified atom stereocenters. The largest absolute Gasteiger partial charge is 0.507 e. The number of carboxylic acid groups (broad SMARTS) is 1. The van der Waals surface area contributed by atoms with Crippen LogP contribution in [-0.4, -0.2) is 103 Å². The van der Waals surface area contributed by atoms with Gasteiger partial charge in [-0.05, 0) is 79.2 Å². The number of rotatable bonds is 17. The quantitative estimate of drug-likeness (QED) is 0.0353. The summed E-state index contributed by atoms with van der Waals surface area (Å²) in [6.45, 7) is 1.53. The minimum Gasteiger partial charge on any atom is -0.507 e. The molecule has 1 heterocycles. The molecular formula is C38H34N8O21S5. The normalized spacial score (nSPS) is 12.4. The van der Waals surface area contributed by atoms with Crippen LogP contribution in [-0.2, 0) is 50.6 Å². The summed E-state index contributed by atoms with van der Waals surface area (Å²) in [6, 6.07) is 12.3. The summed E-state index contributed by atoms with van der Waals surface area (Å²) in [7, 11) is -24.3. The topological polar surface area (TPSA) is 469 Å². The van der Waals surface area contributed by atoms with Crippen molar-refractivity contribution in [1.82, 2.24) is 9.78 Å². The van der Waals surface area contributed by atoms with Gasteiger partial charge in [0.1, 0.15) is 37.6 Å². The molecule has 0 bridgehead atoms. The van der Waals surface area contributed by atoms with E-state index < -0.39 is 137 Å². The zero-order valence-corrected chi connectivity index (χ0v) is 40.0. The van der Waals surface area contributed by atoms with Gasteiger partial charge in [-0.3, -0.25) is 54.4 Å². The molecule has 29 nitrogen and oxygen atoms in total. The third kappa shape index (κ3) is 10.1. The summed E-state index contributed by atoms with van der Waals surface area (Å²) in [4.78, 5) is 20.9. The van der Waals surface area contributed by atoms with Crippen LogP contribution in [0.15, 0.2) is 108 Å². The lowest BCUT2D eigenvalue weighted by Gasteiger charge is -2.21. The number of hydrogen-bond donors (Lipinski definition) is 15. The number of anilines is 6.